The van der Waals surface area contributed by atoms with Crippen molar-refractivity contribution in [3.05, 3.63) is 99.4 Å². The van der Waals surface area contributed by atoms with Crippen molar-refractivity contribution in [2.45, 2.75) is 24.8 Å². The summed E-state index contributed by atoms with van der Waals surface area (Å²) in [5, 5.41) is 13.6. The van der Waals surface area contributed by atoms with Crippen LogP contribution < -0.4 is 10.2 Å². The summed E-state index contributed by atoms with van der Waals surface area (Å²) in [6.45, 7) is 1.98. The van der Waals surface area contributed by atoms with Crippen molar-refractivity contribution < 1.29 is 22.9 Å². The second-order valence-electron chi connectivity index (χ2n) is 9.32. The van der Waals surface area contributed by atoms with Gasteiger partial charge in [0.1, 0.15) is 17.5 Å². The molecule has 1 spiro atoms. The normalized spacial score (nSPS) is 16.7. The third-order valence-corrected chi connectivity index (χ3v) is 7.00. The molecule has 1 fully saturated rings. The van der Waals surface area contributed by atoms with Gasteiger partial charge in [-0.05, 0) is 79.5 Å². The van der Waals surface area contributed by atoms with Crippen LogP contribution >= 0.6 is 0 Å². The fourth-order valence-electron chi connectivity index (χ4n) is 5.21. The second-order valence-corrected chi connectivity index (χ2v) is 9.32. The molecule has 7 nitrogen and oxygen atoms in total. The minimum Gasteiger partial charge on any atom is -0.308 e. The highest BCUT2D eigenvalue weighted by Gasteiger charge is 2.46. The Morgan fingerprint density at radius 3 is 2.25 bits per heavy atom. The summed E-state index contributed by atoms with van der Waals surface area (Å²) in [5.41, 5.74) is 1.81. The lowest BCUT2D eigenvalue weighted by molar-refractivity contribution is -0.384. The van der Waals surface area contributed by atoms with Gasteiger partial charge in [-0.15, -0.1) is 0 Å². The Bertz CT molecular complexity index is 1300. The number of non-ortho nitro benzene ring substituents is 1. The van der Waals surface area contributed by atoms with Crippen molar-refractivity contribution in [3.63, 3.8) is 0 Å². The quantitative estimate of drug-likeness (QED) is 0.377. The molecular weight excluding hydrogens is 473 g/mol. The van der Waals surface area contributed by atoms with Gasteiger partial charge in [0, 0.05) is 48.1 Å². The Morgan fingerprint density at radius 1 is 0.944 bits per heavy atom. The molecule has 2 aliphatic rings. The zero-order chi connectivity index (χ0) is 25.4. The van der Waals surface area contributed by atoms with Crippen LogP contribution in [0.2, 0.25) is 0 Å². The van der Waals surface area contributed by atoms with E-state index in [-0.39, 0.29) is 11.5 Å². The Balaban J connectivity index is 1.32. The number of nitro benzene ring substituents is 1. The number of benzene rings is 3. The van der Waals surface area contributed by atoms with Crippen molar-refractivity contribution in [3.8, 4) is 0 Å². The Morgan fingerprint density at radius 2 is 1.61 bits per heavy atom. The second kappa shape index (κ2) is 9.27. The molecule has 0 unspecified atom stereocenters. The summed E-state index contributed by atoms with van der Waals surface area (Å²) in [5.74, 6) is -1.62. The number of piperidine rings is 1. The molecule has 0 atom stereocenters. The number of hydrogen-bond acceptors (Lipinski definition) is 4. The van der Waals surface area contributed by atoms with E-state index in [9.17, 15) is 28.1 Å². The smallest absolute Gasteiger partial charge is 0.308 e. The first-order valence-corrected chi connectivity index (χ1v) is 11.5. The number of hydrogen-bond donors (Lipinski definition) is 1. The zero-order valence-electron chi connectivity index (χ0n) is 19.2. The molecule has 186 valence electrons. The van der Waals surface area contributed by atoms with E-state index in [0.717, 1.165) is 11.6 Å². The summed E-state index contributed by atoms with van der Waals surface area (Å²) < 4.78 is 41.4. The third kappa shape index (κ3) is 4.64. The number of carbonyl (C=O) groups is 1. The lowest BCUT2D eigenvalue weighted by Gasteiger charge is -2.40. The predicted molar refractivity (Wildman–Crippen MR) is 128 cm³/mol. The first-order valence-electron chi connectivity index (χ1n) is 11.5. The van der Waals surface area contributed by atoms with Crippen molar-refractivity contribution in [1.29, 1.82) is 0 Å². The number of nitrogens with one attached hydrogen (secondary N) is 1. The molecule has 0 aromatic heterocycles. The largest absolute Gasteiger partial charge is 0.326 e. The van der Waals surface area contributed by atoms with Crippen LogP contribution in [0.25, 0.3) is 0 Å². The number of rotatable bonds is 4. The van der Waals surface area contributed by atoms with Gasteiger partial charge >= 0.3 is 6.03 Å². The fourth-order valence-corrected chi connectivity index (χ4v) is 5.21. The number of urea groups is 1. The molecule has 0 radical (unpaired) electrons. The maximum Gasteiger partial charge on any atom is 0.326 e. The maximum atomic E-state index is 14.3. The molecule has 3 aromatic carbocycles. The van der Waals surface area contributed by atoms with Crippen LogP contribution in [-0.2, 0) is 12.0 Å². The Labute approximate surface area is 205 Å². The van der Waals surface area contributed by atoms with Gasteiger partial charge < -0.3 is 5.32 Å². The van der Waals surface area contributed by atoms with E-state index in [1.165, 1.54) is 48.5 Å². The van der Waals surface area contributed by atoms with E-state index < -0.39 is 28.0 Å². The molecule has 2 amide bonds. The minimum atomic E-state index is -0.617. The van der Waals surface area contributed by atoms with Gasteiger partial charge in [0.15, 0.2) is 0 Å². The van der Waals surface area contributed by atoms with Gasteiger partial charge in [-0.2, -0.15) is 0 Å². The highest BCUT2D eigenvalue weighted by molar-refractivity contribution is 6.03. The van der Waals surface area contributed by atoms with Crippen LogP contribution in [0.5, 0.6) is 0 Å². The number of fused-ring (bicyclic) bond motifs is 2. The average molecular weight is 496 g/mol. The molecular formula is C26H23F3N4O3. The molecule has 1 N–H and O–H groups in total. The summed E-state index contributed by atoms with van der Waals surface area (Å²) in [6, 6.07) is 13.0. The lowest BCUT2D eigenvalue weighted by Crippen LogP contribution is -2.46. The van der Waals surface area contributed by atoms with E-state index >= 15 is 0 Å². The number of carbonyl (C=O) groups excluding carboxylic acids is 1. The van der Waals surface area contributed by atoms with Crippen LogP contribution in [0.15, 0.2) is 60.7 Å². The molecule has 0 bridgehead atoms. The van der Waals surface area contributed by atoms with Gasteiger partial charge in [-0.25, -0.2) is 18.0 Å². The maximum absolute atomic E-state index is 14.3. The summed E-state index contributed by atoms with van der Waals surface area (Å²) in [4.78, 5) is 27.2. The van der Waals surface area contributed by atoms with Gasteiger partial charge in [0.25, 0.3) is 5.69 Å². The topological polar surface area (TPSA) is 78.7 Å². The molecule has 2 aliphatic heterocycles. The van der Waals surface area contributed by atoms with Crippen molar-refractivity contribution in [1.82, 2.24) is 4.90 Å². The van der Waals surface area contributed by atoms with E-state index in [0.29, 0.717) is 56.0 Å². The number of nitrogens with zero attached hydrogens (tertiary/aromatic N) is 3. The molecule has 10 heteroatoms. The summed E-state index contributed by atoms with van der Waals surface area (Å²) >= 11 is 0. The van der Waals surface area contributed by atoms with Gasteiger partial charge in [0.05, 0.1) is 4.92 Å². The molecule has 3 aromatic rings. The lowest BCUT2D eigenvalue weighted by atomic mass is 9.74. The van der Waals surface area contributed by atoms with E-state index in [2.05, 4.69) is 10.2 Å². The van der Waals surface area contributed by atoms with Crippen LogP contribution in [0.4, 0.5) is 35.0 Å². The average Bonchev–Trinajstić information content (AvgIpc) is 3.14. The zero-order valence-corrected chi connectivity index (χ0v) is 19.2. The summed E-state index contributed by atoms with van der Waals surface area (Å²) in [7, 11) is 0. The number of amides is 2. The van der Waals surface area contributed by atoms with Crippen molar-refractivity contribution >= 4 is 23.1 Å². The molecule has 0 aliphatic carbocycles. The van der Waals surface area contributed by atoms with E-state index in [1.54, 1.807) is 11.0 Å². The van der Waals surface area contributed by atoms with Gasteiger partial charge in [-0.3, -0.25) is 19.9 Å². The third-order valence-electron chi connectivity index (χ3n) is 7.00. The predicted octanol–water partition coefficient (Wildman–Crippen LogP) is 5.60. The van der Waals surface area contributed by atoms with Crippen LogP contribution in [0.1, 0.15) is 24.0 Å². The number of likely N-dealkylation sites (tertiary alicyclic amines) is 1. The monoisotopic (exact) mass is 496 g/mol. The Kier molecular flexibility index (Phi) is 6.13. The molecule has 2 heterocycles. The van der Waals surface area contributed by atoms with Gasteiger partial charge in [0.2, 0.25) is 0 Å². The van der Waals surface area contributed by atoms with Crippen LogP contribution in [0, 0.1) is 27.6 Å². The van der Waals surface area contributed by atoms with Crippen LogP contribution in [0.3, 0.4) is 0 Å². The van der Waals surface area contributed by atoms with Crippen molar-refractivity contribution in [2.24, 2.45) is 0 Å². The van der Waals surface area contributed by atoms with E-state index in [4.69, 9.17) is 0 Å². The molecule has 36 heavy (non-hydrogen) atoms. The summed E-state index contributed by atoms with van der Waals surface area (Å²) in [6.07, 6.45) is 1.28. The number of nitro groups is 1. The molecule has 5 rings (SSSR count). The fraction of sp³-hybridized carbons (Fsp3) is 0.269. The highest BCUT2D eigenvalue weighted by Crippen LogP contribution is 2.47. The SMILES string of the molecule is O=C(Nc1ccc([N+](=O)[O-])cc1)N1CC2(CCN(Cc3cc(F)cc(F)c3)CC2)c2cc(F)ccc21. The standard InChI is InChI=1S/C26H23F3N4O3/c27-18-1-6-24-23(14-18)26(7-9-31(10-8-26)15-17-11-19(28)13-20(29)12-17)16-32(24)25(34)30-21-2-4-22(5-3-21)33(35)36/h1-6,11-14H,7-10,15-16H2,(H,30,34). The number of halogens is 3. The highest BCUT2D eigenvalue weighted by atomic mass is 19.1. The first kappa shape index (κ1) is 23.8. The first-order chi connectivity index (χ1) is 17.2. The van der Waals surface area contributed by atoms with E-state index in [1.807, 2.05) is 0 Å². The molecule has 0 saturated carbocycles. The van der Waals surface area contributed by atoms with Gasteiger partial charge in [-0.1, -0.05) is 0 Å². The minimum absolute atomic E-state index is 0.0818. The number of anilines is 2. The van der Waals surface area contributed by atoms with Crippen molar-refractivity contribution in [2.75, 3.05) is 29.9 Å². The Hall–Kier alpha value is -3.92. The molecule has 1 saturated heterocycles. The van der Waals surface area contributed by atoms with Crippen LogP contribution in [-0.4, -0.2) is 35.5 Å².